The minimum atomic E-state index is -0.592. The number of benzene rings is 1. The van der Waals surface area contributed by atoms with Gasteiger partial charge in [0, 0.05) is 12.1 Å². The maximum atomic E-state index is 9.50. The maximum absolute atomic E-state index is 9.50. The van der Waals surface area contributed by atoms with Crippen molar-refractivity contribution in [2.24, 2.45) is 10.7 Å². The number of aliphatic hydroxyl groups excluding tert-OH is 1. The predicted octanol–water partition coefficient (Wildman–Crippen LogP) is 0.455. The molecule has 0 spiro atoms. The molecule has 0 bridgehead atoms. The fraction of sp³-hybridized carbons (Fsp3) is 0.364. The Morgan fingerprint density at radius 1 is 1.40 bits per heavy atom. The first-order valence-electron chi connectivity index (χ1n) is 4.97. The third kappa shape index (κ3) is 2.16. The molecule has 0 saturated carbocycles. The number of nitrogens with two attached hydrogens (primary N) is 1. The van der Waals surface area contributed by atoms with Crippen LogP contribution in [0.2, 0.25) is 0 Å². The van der Waals surface area contributed by atoms with Crippen LogP contribution >= 0.6 is 0 Å². The van der Waals surface area contributed by atoms with Crippen LogP contribution in [0.4, 0.5) is 0 Å². The molecule has 1 atom stereocenters. The standard InChI is InChI=1S/C11H14N2O2/c12-7-10(14)8-1-3-9(4-2-8)11-13-5-6-15-11/h1-4,10,14H,5-7,12H2. The second kappa shape index (κ2) is 4.42. The van der Waals surface area contributed by atoms with Crippen molar-refractivity contribution < 1.29 is 9.84 Å². The molecule has 0 saturated heterocycles. The van der Waals surface area contributed by atoms with E-state index in [-0.39, 0.29) is 6.54 Å². The highest BCUT2D eigenvalue weighted by Crippen LogP contribution is 2.14. The second-order valence-electron chi connectivity index (χ2n) is 3.41. The topological polar surface area (TPSA) is 67.8 Å². The van der Waals surface area contributed by atoms with Crippen molar-refractivity contribution >= 4 is 5.90 Å². The Kier molecular flexibility index (Phi) is 2.99. The predicted molar refractivity (Wildman–Crippen MR) is 57.8 cm³/mol. The zero-order valence-corrected chi connectivity index (χ0v) is 8.39. The van der Waals surface area contributed by atoms with E-state index in [2.05, 4.69) is 4.99 Å². The van der Waals surface area contributed by atoms with Crippen LogP contribution in [-0.2, 0) is 4.74 Å². The molecule has 1 aliphatic heterocycles. The molecule has 1 aromatic carbocycles. The molecule has 0 amide bonds. The van der Waals surface area contributed by atoms with Crippen LogP contribution < -0.4 is 5.73 Å². The van der Waals surface area contributed by atoms with Gasteiger partial charge in [-0.15, -0.1) is 0 Å². The summed E-state index contributed by atoms with van der Waals surface area (Å²) in [4.78, 5) is 4.21. The summed E-state index contributed by atoms with van der Waals surface area (Å²) < 4.78 is 5.33. The number of hydrogen-bond donors (Lipinski definition) is 2. The smallest absolute Gasteiger partial charge is 0.216 e. The van der Waals surface area contributed by atoms with E-state index >= 15 is 0 Å². The third-order valence-corrected chi connectivity index (χ3v) is 2.35. The summed E-state index contributed by atoms with van der Waals surface area (Å²) in [5.74, 6) is 0.684. The van der Waals surface area contributed by atoms with E-state index in [1.807, 2.05) is 24.3 Å². The monoisotopic (exact) mass is 206 g/mol. The van der Waals surface area contributed by atoms with E-state index in [1.165, 1.54) is 0 Å². The Labute approximate surface area is 88.4 Å². The largest absolute Gasteiger partial charge is 0.476 e. The first-order valence-corrected chi connectivity index (χ1v) is 4.97. The van der Waals surface area contributed by atoms with Crippen LogP contribution in [0.1, 0.15) is 17.2 Å². The lowest BCUT2D eigenvalue weighted by Gasteiger charge is -2.08. The van der Waals surface area contributed by atoms with E-state index in [4.69, 9.17) is 10.5 Å². The first-order chi connectivity index (χ1) is 7.31. The summed E-state index contributed by atoms with van der Waals surface area (Å²) in [5, 5.41) is 9.50. The zero-order valence-electron chi connectivity index (χ0n) is 8.39. The van der Waals surface area contributed by atoms with Crippen molar-refractivity contribution in [2.45, 2.75) is 6.10 Å². The van der Waals surface area contributed by atoms with Gasteiger partial charge in [0.25, 0.3) is 0 Å². The van der Waals surface area contributed by atoms with E-state index in [0.717, 1.165) is 17.7 Å². The average Bonchev–Trinajstić information content (AvgIpc) is 2.82. The van der Waals surface area contributed by atoms with Crippen LogP contribution in [0, 0.1) is 0 Å². The number of hydrogen-bond acceptors (Lipinski definition) is 4. The Hall–Kier alpha value is -1.39. The van der Waals surface area contributed by atoms with Gasteiger partial charge in [0.1, 0.15) is 6.61 Å². The second-order valence-corrected chi connectivity index (χ2v) is 3.41. The van der Waals surface area contributed by atoms with Gasteiger partial charge in [-0.3, -0.25) is 0 Å². The molecule has 4 nitrogen and oxygen atoms in total. The van der Waals surface area contributed by atoms with E-state index in [0.29, 0.717) is 12.5 Å². The van der Waals surface area contributed by atoms with Crippen LogP contribution in [0.25, 0.3) is 0 Å². The Morgan fingerprint density at radius 2 is 2.13 bits per heavy atom. The van der Waals surface area contributed by atoms with E-state index < -0.39 is 6.10 Å². The highest BCUT2D eigenvalue weighted by Gasteiger charge is 2.11. The number of aliphatic hydroxyl groups is 1. The minimum absolute atomic E-state index is 0.233. The summed E-state index contributed by atoms with van der Waals surface area (Å²) in [7, 11) is 0. The average molecular weight is 206 g/mol. The van der Waals surface area contributed by atoms with Gasteiger partial charge in [0.2, 0.25) is 5.90 Å². The fourth-order valence-corrected chi connectivity index (χ4v) is 1.49. The van der Waals surface area contributed by atoms with Crippen molar-refractivity contribution in [2.75, 3.05) is 19.7 Å². The molecule has 1 aromatic rings. The highest BCUT2D eigenvalue weighted by molar-refractivity contribution is 5.94. The highest BCUT2D eigenvalue weighted by atomic mass is 16.5. The molecule has 1 unspecified atom stereocenters. The molecule has 80 valence electrons. The molecule has 3 N–H and O–H groups in total. The normalized spacial score (nSPS) is 17.1. The van der Waals surface area contributed by atoms with Crippen LogP contribution in [0.3, 0.4) is 0 Å². The molecule has 0 radical (unpaired) electrons. The number of aliphatic imine (C=N–C) groups is 1. The van der Waals surface area contributed by atoms with Crippen LogP contribution in [0.5, 0.6) is 0 Å². The Morgan fingerprint density at radius 3 is 2.67 bits per heavy atom. The molecule has 0 fully saturated rings. The van der Waals surface area contributed by atoms with Crippen molar-refractivity contribution in [1.82, 2.24) is 0 Å². The summed E-state index contributed by atoms with van der Waals surface area (Å²) in [6.07, 6.45) is -0.592. The van der Waals surface area contributed by atoms with Gasteiger partial charge in [-0.2, -0.15) is 0 Å². The Balaban J connectivity index is 2.16. The first kappa shape index (κ1) is 10.1. The summed E-state index contributed by atoms with van der Waals surface area (Å²) >= 11 is 0. The lowest BCUT2D eigenvalue weighted by atomic mass is 10.1. The molecule has 1 heterocycles. The maximum Gasteiger partial charge on any atom is 0.216 e. The summed E-state index contributed by atoms with van der Waals surface area (Å²) in [6.45, 7) is 1.61. The molecule has 4 heteroatoms. The molecule has 0 aliphatic carbocycles. The van der Waals surface area contributed by atoms with Crippen molar-refractivity contribution in [1.29, 1.82) is 0 Å². The van der Waals surface area contributed by atoms with E-state index in [1.54, 1.807) is 0 Å². The third-order valence-electron chi connectivity index (χ3n) is 2.35. The van der Waals surface area contributed by atoms with Gasteiger partial charge in [0.15, 0.2) is 0 Å². The van der Waals surface area contributed by atoms with Gasteiger partial charge < -0.3 is 15.6 Å². The van der Waals surface area contributed by atoms with Crippen molar-refractivity contribution in [3.05, 3.63) is 35.4 Å². The van der Waals surface area contributed by atoms with Crippen LogP contribution in [-0.4, -0.2) is 30.7 Å². The van der Waals surface area contributed by atoms with Gasteiger partial charge in [-0.1, -0.05) is 12.1 Å². The van der Waals surface area contributed by atoms with Crippen molar-refractivity contribution in [3.63, 3.8) is 0 Å². The van der Waals surface area contributed by atoms with Gasteiger partial charge in [-0.25, -0.2) is 4.99 Å². The summed E-state index contributed by atoms with van der Waals surface area (Å²) in [6, 6.07) is 7.46. The van der Waals surface area contributed by atoms with Gasteiger partial charge in [0.05, 0.1) is 12.6 Å². The number of ether oxygens (including phenoxy) is 1. The SMILES string of the molecule is NCC(O)c1ccc(C2=NCCO2)cc1. The fourth-order valence-electron chi connectivity index (χ4n) is 1.49. The van der Waals surface area contributed by atoms with E-state index in [9.17, 15) is 5.11 Å². The minimum Gasteiger partial charge on any atom is -0.476 e. The molecule has 2 rings (SSSR count). The lowest BCUT2D eigenvalue weighted by molar-refractivity contribution is 0.186. The molecule has 0 aromatic heterocycles. The Bertz CT molecular complexity index is 359. The lowest BCUT2D eigenvalue weighted by Crippen LogP contribution is -2.11. The quantitative estimate of drug-likeness (QED) is 0.754. The number of nitrogens with zero attached hydrogens (tertiary/aromatic N) is 1. The molecule has 15 heavy (non-hydrogen) atoms. The molecule has 1 aliphatic rings. The van der Waals surface area contributed by atoms with Crippen molar-refractivity contribution in [3.8, 4) is 0 Å². The summed E-state index contributed by atoms with van der Waals surface area (Å²) in [5.41, 5.74) is 7.13. The zero-order chi connectivity index (χ0) is 10.7. The molecular formula is C11H14N2O2. The number of rotatable bonds is 3. The molecular weight excluding hydrogens is 192 g/mol. The van der Waals surface area contributed by atoms with Gasteiger partial charge in [-0.05, 0) is 17.7 Å². The van der Waals surface area contributed by atoms with Crippen LogP contribution in [0.15, 0.2) is 29.3 Å². The van der Waals surface area contributed by atoms with Gasteiger partial charge >= 0.3 is 0 Å².